The summed E-state index contributed by atoms with van der Waals surface area (Å²) in [7, 11) is 0. The Kier molecular flexibility index (Phi) is 2.14. The summed E-state index contributed by atoms with van der Waals surface area (Å²) in [5.41, 5.74) is -1.12. The van der Waals surface area contributed by atoms with Crippen molar-refractivity contribution in [3.63, 3.8) is 0 Å². The summed E-state index contributed by atoms with van der Waals surface area (Å²) >= 11 is 0. The highest BCUT2D eigenvalue weighted by atomic mass is 35.5. The summed E-state index contributed by atoms with van der Waals surface area (Å²) in [5.74, 6) is -2.33. The summed E-state index contributed by atoms with van der Waals surface area (Å²) in [5, 5.41) is 3.17. The zero-order chi connectivity index (χ0) is 9.16. The zero-order valence-electron chi connectivity index (χ0n) is 8.11. The highest BCUT2D eigenvalue weighted by Gasteiger charge is 2.90. The number of hydrogen-bond acceptors (Lipinski definition) is 1. The Balaban J connectivity index is 0.000000750. The molecule has 82 valence electrons. The molecular formula is C10H16ClF2N. The monoisotopic (exact) mass is 223 g/mol. The SMILES string of the molecule is Cl.FC1(F)C2(CCC2)C12CCNCC2. The fourth-order valence-corrected chi connectivity index (χ4v) is 3.71. The molecule has 4 heteroatoms. The predicted octanol–water partition coefficient (Wildman–Crippen LogP) is 2.60. The van der Waals surface area contributed by atoms with Gasteiger partial charge in [-0.2, -0.15) is 0 Å². The summed E-state index contributed by atoms with van der Waals surface area (Å²) in [4.78, 5) is 0. The molecule has 0 aromatic heterocycles. The number of halogens is 3. The molecule has 1 nitrogen and oxygen atoms in total. The van der Waals surface area contributed by atoms with Crippen LogP contribution in [-0.4, -0.2) is 19.0 Å². The van der Waals surface area contributed by atoms with Crippen molar-refractivity contribution in [3.8, 4) is 0 Å². The van der Waals surface area contributed by atoms with Gasteiger partial charge in [-0.15, -0.1) is 12.4 Å². The van der Waals surface area contributed by atoms with E-state index in [1.807, 2.05) is 0 Å². The molecule has 0 amide bonds. The molecule has 1 heterocycles. The van der Waals surface area contributed by atoms with Crippen LogP contribution in [0.4, 0.5) is 8.78 Å². The molecule has 0 radical (unpaired) electrons. The third-order valence-electron chi connectivity index (χ3n) is 4.72. The van der Waals surface area contributed by atoms with Gasteiger partial charge in [0.2, 0.25) is 0 Å². The van der Waals surface area contributed by atoms with Crippen LogP contribution >= 0.6 is 12.4 Å². The maximum atomic E-state index is 13.7. The van der Waals surface area contributed by atoms with Crippen LogP contribution in [0.25, 0.3) is 0 Å². The standard InChI is InChI=1S/C10H15F2N.ClH/c11-10(12)8(2-1-3-8)9(10)4-6-13-7-5-9;/h13H,1-7H2;1H. The van der Waals surface area contributed by atoms with Crippen LogP contribution in [0.5, 0.6) is 0 Å². The Labute approximate surface area is 89.0 Å². The van der Waals surface area contributed by atoms with E-state index < -0.39 is 16.8 Å². The van der Waals surface area contributed by atoms with Gasteiger partial charge in [0.25, 0.3) is 5.92 Å². The molecule has 3 rings (SSSR count). The number of alkyl halides is 2. The first-order valence-corrected chi connectivity index (χ1v) is 5.25. The lowest BCUT2D eigenvalue weighted by molar-refractivity contribution is 0.0197. The second-order valence-corrected chi connectivity index (χ2v) is 4.84. The fourth-order valence-electron chi connectivity index (χ4n) is 3.71. The van der Waals surface area contributed by atoms with Gasteiger partial charge in [-0.05, 0) is 38.8 Å². The van der Waals surface area contributed by atoms with E-state index in [-0.39, 0.29) is 12.4 Å². The smallest absolute Gasteiger partial charge is 0.260 e. The Bertz CT molecular complexity index is 245. The largest absolute Gasteiger partial charge is 0.317 e. The van der Waals surface area contributed by atoms with Gasteiger partial charge >= 0.3 is 0 Å². The quantitative estimate of drug-likeness (QED) is 0.666. The lowest BCUT2D eigenvalue weighted by atomic mass is 9.72. The molecule has 0 bridgehead atoms. The first-order chi connectivity index (χ1) is 6.16. The highest BCUT2D eigenvalue weighted by molar-refractivity contribution is 5.85. The van der Waals surface area contributed by atoms with Gasteiger partial charge < -0.3 is 5.32 Å². The predicted molar refractivity (Wildman–Crippen MR) is 53.0 cm³/mol. The second-order valence-electron chi connectivity index (χ2n) is 4.84. The summed E-state index contributed by atoms with van der Waals surface area (Å²) in [6.45, 7) is 1.58. The lowest BCUT2D eigenvalue weighted by Gasteiger charge is -2.32. The van der Waals surface area contributed by atoms with Crippen LogP contribution in [0.15, 0.2) is 0 Å². The number of piperidine rings is 1. The zero-order valence-corrected chi connectivity index (χ0v) is 8.93. The minimum absolute atomic E-state index is 0. The van der Waals surface area contributed by atoms with Crippen LogP contribution in [-0.2, 0) is 0 Å². The molecule has 3 fully saturated rings. The van der Waals surface area contributed by atoms with E-state index in [2.05, 4.69) is 5.32 Å². The van der Waals surface area contributed by atoms with Gasteiger partial charge in [0.1, 0.15) is 0 Å². The summed E-state index contributed by atoms with van der Waals surface area (Å²) < 4.78 is 27.5. The van der Waals surface area contributed by atoms with Crippen molar-refractivity contribution in [2.75, 3.05) is 13.1 Å². The number of fused-ring (bicyclic) bond motifs is 1. The van der Waals surface area contributed by atoms with E-state index in [4.69, 9.17) is 0 Å². The van der Waals surface area contributed by atoms with Gasteiger partial charge in [0.15, 0.2) is 0 Å². The third kappa shape index (κ3) is 0.804. The number of hydrogen-bond donors (Lipinski definition) is 1. The molecule has 1 saturated heterocycles. The van der Waals surface area contributed by atoms with E-state index in [0.717, 1.165) is 32.4 Å². The maximum Gasteiger partial charge on any atom is 0.260 e. The molecule has 0 aromatic carbocycles. The Morgan fingerprint density at radius 1 is 0.857 bits per heavy atom. The second kappa shape index (κ2) is 2.82. The van der Waals surface area contributed by atoms with Crippen LogP contribution in [0.3, 0.4) is 0 Å². The minimum Gasteiger partial charge on any atom is -0.317 e. The van der Waals surface area contributed by atoms with E-state index in [0.29, 0.717) is 12.8 Å². The van der Waals surface area contributed by atoms with Gasteiger partial charge in [-0.25, -0.2) is 8.78 Å². The van der Waals surface area contributed by atoms with E-state index in [1.54, 1.807) is 0 Å². The van der Waals surface area contributed by atoms with Crippen molar-refractivity contribution >= 4 is 12.4 Å². The molecule has 2 saturated carbocycles. The normalized spacial score (nSPS) is 34.7. The average molecular weight is 224 g/mol. The van der Waals surface area contributed by atoms with Crippen molar-refractivity contribution in [2.45, 2.75) is 38.0 Å². The molecule has 0 unspecified atom stereocenters. The molecule has 0 atom stereocenters. The van der Waals surface area contributed by atoms with Crippen molar-refractivity contribution < 1.29 is 8.78 Å². The first kappa shape index (κ1) is 10.6. The van der Waals surface area contributed by atoms with Crippen molar-refractivity contribution in [3.05, 3.63) is 0 Å². The first-order valence-electron chi connectivity index (χ1n) is 5.25. The van der Waals surface area contributed by atoms with Gasteiger partial charge in [-0.3, -0.25) is 0 Å². The fraction of sp³-hybridized carbons (Fsp3) is 1.00. The minimum atomic E-state index is -2.33. The van der Waals surface area contributed by atoms with Crippen LogP contribution in [0.2, 0.25) is 0 Å². The van der Waals surface area contributed by atoms with Crippen LogP contribution in [0, 0.1) is 10.8 Å². The molecule has 0 aromatic rings. The summed E-state index contributed by atoms with van der Waals surface area (Å²) in [6.07, 6.45) is 3.96. The topological polar surface area (TPSA) is 12.0 Å². The Morgan fingerprint density at radius 3 is 1.71 bits per heavy atom. The molecule has 2 spiro atoms. The molecule has 1 N–H and O–H groups in total. The summed E-state index contributed by atoms with van der Waals surface area (Å²) in [6, 6.07) is 0. The van der Waals surface area contributed by atoms with Crippen LogP contribution in [0.1, 0.15) is 32.1 Å². The van der Waals surface area contributed by atoms with Crippen molar-refractivity contribution in [1.29, 1.82) is 0 Å². The molecule has 1 aliphatic heterocycles. The van der Waals surface area contributed by atoms with Crippen molar-refractivity contribution in [2.24, 2.45) is 10.8 Å². The van der Waals surface area contributed by atoms with E-state index >= 15 is 0 Å². The Morgan fingerprint density at radius 2 is 1.36 bits per heavy atom. The van der Waals surface area contributed by atoms with Gasteiger partial charge in [0, 0.05) is 10.8 Å². The molecule has 2 aliphatic carbocycles. The highest BCUT2D eigenvalue weighted by Crippen LogP contribution is 2.85. The maximum absolute atomic E-state index is 13.7. The van der Waals surface area contributed by atoms with Gasteiger partial charge in [0.05, 0.1) is 0 Å². The molecule has 14 heavy (non-hydrogen) atoms. The lowest BCUT2D eigenvalue weighted by Crippen LogP contribution is -2.34. The number of nitrogens with one attached hydrogen (secondary N) is 1. The van der Waals surface area contributed by atoms with Gasteiger partial charge in [-0.1, -0.05) is 6.42 Å². The van der Waals surface area contributed by atoms with Crippen molar-refractivity contribution in [1.82, 2.24) is 5.32 Å². The van der Waals surface area contributed by atoms with E-state index in [1.165, 1.54) is 0 Å². The third-order valence-corrected chi connectivity index (χ3v) is 4.72. The van der Waals surface area contributed by atoms with E-state index in [9.17, 15) is 8.78 Å². The van der Waals surface area contributed by atoms with Crippen LogP contribution < -0.4 is 5.32 Å². The molecular weight excluding hydrogens is 208 g/mol. The average Bonchev–Trinajstić information content (AvgIpc) is 2.43. The Hall–Kier alpha value is 0.110. The number of rotatable bonds is 0. The molecule has 3 aliphatic rings.